The second-order valence-electron chi connectivity index (χ2n) is 6.05. The number of carbonyl (C=O) groups is 1. The van der Waals surface area contributed by atoms with Gasteiger partial charge in [0.25, 0.3) is 0 Å². The lowest BCUT2D eigenvalue weighted by Gasteiger charge is -2.09. The lowest BCUT2D eigenvalue weighted by Crippen LogP contribution is -2.14. The largest absolute Gasteiger partial charge is 0.324 e. The van der Waals surface area contributed by atoms with Gasteiger partial charge in [0.15, 0.2) is 0 Å². The first-order chi connectivity index (χ1) is 12.5. The molecule has 134 valence electrons. The number of carbonyl (C=O) groups excluding carboxylic acids is 1. The summed E-state index contributed by atoms with van der Waals surface area (Å²) in [6.07, 6.45) is 3.37. The highest BCUT2D eigenvalue weighted by atomic mass is 35.5. The van der Waals surface area contributed by atoms with Crippen molar-refractivity contribution >= 4 is 68.1 Å². The maximum atomic E-state index is 12.4. The van der Waals surface area contributed by atoms with Gasteiger partial charge in [0.2, 0.25) is 5.91 Å². The molecule has 1 aliphatic carbocycles. The molecule has 3 aromatic rings. The van der Waals surface area contributed by atoms with E-state index in [9.17, 15) is 4.79 Å². The maximum absolute atomic E-state index is 12.4. The molecule has 0 saturated heterocycles. The van der Waals surface area contributed by atoms with Crippen molar-refractivity contribution in [2.45, 2.75) is 31.2 Å². The molecule has 2 heterocycles. The van der Waals surface area contributed by atoms with Crippen molar-refractivity contribution in [3.05, 3.63) is 44.5 Å². The van der Waals surface area contributed by atoms with E-state index >= 15 is 0 Å². The first-order valence-corrected chi connectivity index (χ1v) is 10.7. The minimum absolute atomic E-state index is 0.143. The van der Waals surface area contributed by atoms with Crippen LogP contribution in [0.2, 0.25) is 10.0 Å². The fraction of sp³-hybridized carbons (Fsp3) is 0.278. The lowest BCUT2D eigenvalue weighted by atomic mass is 10.2. The number of halogens is 2. The molecule has 1 aliphatic rings. The van der Waals surface area contributed by atoms with Crippen molar-refractivity contribution in [2.75, 3.05) is 11.1 Å². The maximum Gasteiger partial charge on any atom is 0.234 e. The number of amides is 1. The minimum atomic E-state index is -0.143. The van der Waals surface area contributed by atoms with Crippen molar-refractivity contribution in [1.82, 2.24) is 9.97 Å². The minimum Gasteiger partial charge on any atom is -0.324 e. The van der Waals surface area contributed by atoms with Crippen molar-refractivity contribution < 1.29 is 4.79 Å². The highest BCUT2D eigenvalue weighted by Crippen LogP contribution is 2.40. The summed E-state index contributed by atoms with van der Waals surface area (Å²) in [5.41, 5.74) is 1.89. The van der Waals surface area contributed by atoms with E-state index in [1.807, 2.05) is 6.92 Å². The van der Waals surface area contributed by atoms with Crippen molar-refractivity contribution in [1.29, 1.82) is 0 Å². The predicted octanol–water partition coefficient (Wildman–Crippen LogP) is 5.53. The molecule has 8 heteroatoms. The van der Waals surface area contributed by atoms with Gasteiger partial charge < -0.3 is 5.32 Å². The van der Waals surface area contributed by atoms with Crippen LogP contribution in [0.3, 0.4) is 0 Å². The summed E-state index contributed by atoms with van der Waals surface area (Å²) in [4.78, 5) is 24.0. The van der Waals surface area contributed by atoms with Crippen LogP contribution in [0.1, 0.15) is 22.7 Å². The number of benzene rings is 1. The number of aryl methyl sites for hydroxylation is 3. The number of nitrogens with zero attached hydrogens (tertiary/aromatic N) is 2. The summed E-state index contributed by atoms with van der Waals surface area (Å²) in [7, 11) is 0. The molecule has 0 unspecified atom stereocenters. The summed E-state index contributed by atoms with van der Waals surface area (Å²) in [6, 6.07) is 5.17. The highest BCUT2D eigenvalue weighted by molar-refractivity contribution is 8.00. The number of nitrogens with one attached hydrogen (secondary N) is 1. The monoisotopic (exact) mass is 423 g/mol. The first kappa shape index (κ1) is 18.0. The number of fused-ring (bicyclic) bond motifs is 3. The zero-order valence-corrected chi connectivity index (χ0v) is 17.1. The molecular formula is C18H15Cl2N3OS2. The molecule has 2 aromatic heterocycles. The van der Waals surface area contributed by atoms with Gasteiger partial charge in [-0.2, -0.15) is 0 Å². The van der Waals surface area contributed by atoms with E-state index < -0.39 is 0 Å². The Bertz CT molecular complexity index is 1020. The van der Waals surface area contributed by atoms with E-state index in [1.165, 1.54) is 28.6 Å². The molecule has 1 amide bonds. The highest BCUT2D eigenvalue weighted by Gasteiger charge is 2.22. The second-order valence-corrected chi connectivity index (χ2v) is 8.88. The Morgan fingerprint density at radius 2 is 2.15 bits per heavy atom. The van der Waals surface area contributed by atoms with Crippen LogP contribution in [0, 0.1) is 6.92 Å². The third-order valence-electron chi connectivity index (χ3n) is 4.21. The molecule has 0 radical (unpaired) electrons. The number of rotatable bonds is 4. The molecule has 0 fully saturated rings. The van der Waals surface area contributed by atoms with Gasteiger partial charge in [0.05, 0.1) is 21.5 Å². The van der Waals surface area contributed by atoms with Crippen LogP contribution in [0.5, 0.6) is 0 Å². The molecule has 0 saturated carbocycles. The molecule has 4 nitrogen and oxygen atoms in total. The van der Waals surface area contributed by atoms with E-state index in [0.717, 1.165) is 33.9 Å². The SMILES string of the molecule is Cc1nc(SCC(=O)Nc2cccc(Cl)c2Cl)c2c3c(sc2n1)CCC3. The predicted molar refractivity (Wildman–Crippen MR) is 110 cm³/mol. The van der Waals surface area contributed by atoms with Gasteiger partial charge in [0, 0.05) is 10.3 Å². The molecule has 0 bridgehead atoms. The Morgan fingerprint density at radius 1 is 1.31 bits per heavy atom. The van der Waals surface area contributed by atoms with E-state index in [2.05, 4.69) is 15.3 Å². The number of hydrogen-bond acceptors (Lipinski definition) is 5. The molecule has 4 rings (SSSR count). The molecular weight excluding hydrogens is 409 g/mol. The normalized spacial score (nSPS) is 13.2. The zero-order valence-electron chi connectivity index (χ0n) is 13.9. The Labute approximate surface area is 169 Å². The fourth-order valence-corrected chi connectivity index (χ4v) is 5.71. The Morgan fingerprint density at radius 3 is 3.00 bits per heavy atom. The summed E-state index contributed by atoms with van der Waals surface area (Å²) >= 11 is 15.3. The smallest absolute Gasteiger partial charge is 0.234 e. The van der Waals surface area contributed by atoms with Gasteiger partial charge in [-0.15, -0.1) is 11.3 Å². The number of thiophene rings is 1. The van der Waals surface area contributed by atoms with Gasteiger partial charge >= 0.3 is 0 Å². The van der Waals surface area contributed by atoms with E-state index in [4.69, 9.17) is 23.2 Å². The quantitative estimate of drug-likeness (QED) is 0.442. The zero-order chi connectivity index (χ0) is 18.3. The van der Waals surface area contributed by atoms with E-state index in [1.54, 1.807) is 29.5 Å². The number of anilines is 1. The van der Waals surface area contributed by atoms with Crippen LogP contribution in [0.4, 0.5) is 5.69 Å². The molecule has 0 atom stereocenters. The van der Waals surface area contributed by atoms with Crippen LogP contribution < -0.4 is 5.32 Å². The summed E-state index contributed by atoms with van der Waals surface area (Å²) in [6.45, 7) is 1.89. The summed E-state index contributed by atoms with van der Waals surface area (Å²) in [5, 5.41) is 5.60. The third kappa shape index (κ3) is 3.43. The second kappa shape index (κ2) is 7.35. The lowest BCUT2D eigenvalue weighted by molar-refractivity contribution is -0.113. The average Bonchev–Trinajstić information content (AvgIpc) is 3.17. The van der Waals surface area contributed by atoms with Crippen molar-refractivity contribution in [3.63, 3.8) is 0 Å². The first-order valence-electron chi connectivity index (χ1n) is 8.18. The van der Waals surface area contributed by atoms with E-state index in [0.29, 0.717) is 15.7 Å². The van der Waals surface area contributed by atoms with Crippen LogP contribution >= 0.6 is 46.3 Å². The molecule has 0 aliphatic heterocycles. The van der Waals surface area contributed by atoms with Crippen molar-refractivity contribution in [3.8, 4) is 0 Å². The number of thioether (sulfide) groups is 1. The summed E-state index contributed by atoms with van der Waals surface area (Å²) < 4.78 is 0. The number of hydrogen-bond donors (Lipinski definition) is 1. The van der Waals surface area contributed by atoms with Gasteiger partial charge in [-0.3, -0.25) is 4.79 Å². The van der Waals surface area contributed by atoms with Gasteiger partial charge in [0.1, 0.15) is 15.7 Å². The topological polar surface area (TPSA) is 54.9 Å². The Kier molecular flexibility index (Phi) is 5.10. The molecule has 1 aromatic carbocycles. The Hall–Kier alpha value is -1.34. The van der Waals surface area contributed by atoms with Crippen LogP contribution in [-0.2, 0) is 17.6 Å². The number of aromatic nitrogens is 2. The van der Waals surface area contributed by atoms with Crippen molar-refractivity contribution in [2.24, 2.45) is 0 Å². The van der Waals surface area contributed by atoms with Crippen LogP contribution in [0.25, 0.3) is 10.2 Å². The van der Waals surface area contributed by atoms with Crippen LogP contribution in [0.15, 0.2) is 23.2 Å². The van der Waals surface area contributed by atoms with E-state index in [-0.39, 0.29) is 11.7 Å². The van der Waals surface area contributed by atoms with Crippen LogP contribution in [-0.4, -0.2) is 21.6 Å². The van der Waals surface area contributed by atoms with Gasteiger partial charge in [-0.1, -0.05) is 41.0 Å². The molecule has 0 spiro atoms. The van der Waals surface area contributed by atoms with Gasteiger partial charge in [-0.05, 0) is 43.9 Å². The molecule has 26 heavy (non-hydrogen) atoms. The third-order valence-corrected chi connectivity index (χ3v) is 7.19. The standard InChI is InChI=1S/C18H15Cl2N3OS2/c1-9-21-17(15-10-4-2-7-13(10)26-18(15)22-9)25-8-14(24)23-12-6-3-5-11(19)16(12)20/h3,5-6H,2,4,7-8H2,1H3,(H,23,24). The molecule has 1 N–H and O–H groups in total. The Balaban J connectivity index is 1.54. The summed E-state index contributed by atoms with van der Waals surface area (Å²) in [5.74, 6) is 0.840. The fourth-order valence-electron chi connectivity index (χ4n) is 3.09. The van der Waals surface area contributed by atoms with Gasteiger partial charge in [-0.25, -0.2) is 9.97 Å². The average molecular weight is 424 g/mol.